The van der Waals surface area contributed by atoms with E-state index in [0.717, 1.165) is 37.3 Å². The van der Waals surface area contributed by atoms with Crippen LogP contribution in [0.25, 0.3) is 0 Å². The van der Waals surface area contributed by atoms with Crippen LogP contribution in [0.5, 0.6) is 0 Å². The fourth-order valence-electron chi connectivity index (χ4n) is 2.81. The van der Waals surface area contributed by atoms with Crippen molar-refractivity contribution >= 4 is 15.7 Å². The van der Waals surface area contributed by atoms with Gasteiger partial charge in [-0.15, -0.1) is 0 Å². The molecule has 0 bridgehead atoms. The van der Waals surface area contributed by atoms with Crippen molar-refractivity contribution in [1.82, 2.24) is 5.32 Å². The maximum atomic E-state index is 13.1. The fourth-order valence-corrected chi connectivity index (χ4v) is 4.48. The molecule has 1 amide bonds. The van der Waals surface area contributed by atoms with Gasteiger partial charge in [-0.25, -0.2) is 12.8 Å². The number of hydrogen-bond acceptors (Lipinski definition) is 5. The van der Waals surface area contributed by atoms with Crippen LogP contribution in [0.15, 0.2) is 46.6 Å². The zero-order valence-electron chi connectivity index (χ0n) is 15.2. The minimum Gasteiger partial charge on any atom is -0.379 e. The van der Waals surface area contributed by atoms with Gasteiger partial charge in [0, 0.05) is 24.1 Å². The number of amides is 1. The summed E-state index contributed by atoms with van der Waals surface area (Å²) in [4.78, 5) is 12.1. The van der Waals surface area contributed by atoms with E-state index in [4.69, 9.17) is 5.26 Å². The average molecular weight is 434 g/mol. The standard InChI is InChI=1S/C18H18F4N2O4S/c1-17(26,10-29(27,28)14-6-3-12(19)4-7-14)16(25)24-13-5-2-11(9-23)15(8-13)18(20,21)22/h2-3,5-7,12,15,26H,4,8,10H2,1H3,(H,24,25). The Hall–Kier alpha value is -2.45. The summed E-state index contributed by atoms with van der Waals surface area (Å²) < 4.78 is 77.1. The molecule has 0 aromatic carbocycles. The number of hydrogen-bond donors (Lipinski definition) is 2. The number of nitrogens with one attached hydrogen (secondary N) is 1. The number of allylic oxidation sites excluding steroid dienone is 7. The smallest absolute Gasteiger partial charge is 0.379 e. The molecule has 0 saturated heterocycles. The molecule has 6 nitrogen and oxygen atoms in total. The predicted octanol–water partition coefficient (Wildman–Crippen LogP) is 2.37. The van der Waals surface area contributed by atoms with E-state index >= 15 is 0 Å². The third-order valence-corrected chi connectivity index (χ3v) is 6.36. The molecule has 0 radical (unpaired) electrons. The van der Waals surface area contributed by atoms with Gasteiger partial charge in [-0.2, -0.15) is 18.4 Å². The molecule has 158 valence electrons. The normalized spacial score (nSPS) is 24.5. The van der Waals surface area contributed by atoms with Gasteiger partial charge in [-0.1, -0.05) is 6.08 Å². The third-order valence-electron chi connectivity index (χ3n) is 4.39. The maximum Gasteiger partial charge on any atom is 0.396 e. The first-order chi connectivity index (χ1) is 13.3. The van der Waals surface area contributed by atoms with Crippen LogP contribution in [0.3, 0.4) is 0 Å². The summed E-state index contributed by atoms with van der Waals surface area (Å²) in [5.74, 6) is -4.38. The Kier molecular flexibility index (Phi) is 6.39. The number of rotatable bonds is 5. The Labute approximate surface area is 164 Å². The Morgan fingerprint density at radius 3 is 2.55 bits per heavy atom. The Bertz CT molecular complexity index is 953. The van der Waals surface area contributed by atoms with Crippen LogP contribution >= 0.6 is 0 Å². The number of nitriles is 1. The molecule has 3 unspecified atom stereocenters. The van der Waals surface area contributed by atoms with Crippen LogP contribution in [0.4, 0.5) is 17.6 Å². The number of aliphatic hydroxyl groups is 1. The number of nitrogens with zero attached hydrogens (tertiary/aromatic N) is 1. The van der Waals surface area contributed by atoms with Gasteiger partial charge in [0.1, 0.15) is 6.17 Å². The lowest BCUT2D eigenvalue weighted by atomic mass is 9.89. The summed E-state index contributed by atoms with van der Waals surface area (Å²) >= 11 is 0. The minimum atomic E-state index is -4.72. The molecule has 0 aromatic heterocycles. The summed E-state index contributed by atoms with van der Waals surface area (Å²) in [5.41, 5.74) is -3.20. The molecule has 0 heterocycles. The molecule has 0 fully saturated rings. The summed E-state index contributed by atoms with van der Waals surface area (Å²) in [7, 11) is -4.15. The van der Waals surface area contributed by atoms with E-state index < -0.39 is 57.4 Å². The zero-order chi connectivity index (χ0) is 22.0. The number of carbonyl (C=O) groups is 1. The quantitative estimate of drug-likeness (QED) is 0.646. The van der Waals surface area contributed by atoms with Crippen molar-refractivity contribution in [2.45, 2.75) is 37.7 Å². The number of halogens is 4. The van der Waals surface area contributed by atoms with E-state index in [0.29, 0.717) is 0 Å². The summed E-state index contributed by atoms with van der Waals surface area (Å²) in [5, 5.41) is 21.2. The molecule has 2 N–H and O–H groups in total. The van der Waals surface area contributed by atoms with Crippen molar-refractivity contribution in [3.63, 3.8) is 0 Å². The second kappa shape index (κ2) is 8.12. The first kappa shape index (κ1) is 22.8. The molecule has 0 aliphatic heterocycles. The Morgan fingerprint density at radius 2 is 2.03 bits per heavy atom. The molecule has 0 saturated carbocycles. The lowest BCUT2D eigenvalue weighted by molar-refractivity contribution is -0.163. The van der Waals surface area contributed by atoms with Gasteiger partial charge in [-0.05, 0) is 31.2 Å². The average Bonchev–Trinajstić information content (AvgIpc) is 2.60. The first-order valence-corrected chi connectivity index (χ1v) is 10.1. The van der Waals surface area contributed by atoms with E-state index in [9.17, 15) is 35.9 Å². The summed E-state index contributed by atoms with van der Waals surface area (Å²) in [6.07, 6.45) is -1.75. The van der Waals surface area contributed by atoms with E-state index in [1.165, 1.54) is 6.07 Å². The highest BCUT2D eigenvalue weighted by molar-refractivity contribution is 7.95. The van der Waals surface area contributed by atoms with E-state index in [-0.39, 0.29) is 17.0 Å². The Balaban J connectivity index is 2.14. The summed E-state index contributed by atoms with van der Waals surface area (Å²) in [6.45, 7) is 0.909. The SMILES string of the molecule is CC(O)(CS(=O)(=O)C1=CCC(F)C=C1)C(=O)NC1=CC=C(C#N)C(C(F)(F)F)C1. The molecule has 11 heteroatoms. The van der Waals surface area contributed by atoms with Crippen LogP contribution < -0.4 is 5.32 Å². The van der Waals surface area contributed by atoms with Crippen LogP contribution in [-0.2, 0) is 14.6 Å². The van der Waals surface area contributed by atoms with Gasteiger partial charge >= 0.3 is 6.18 Å². The van der Waals surface area contributed by atoms with Crippen molar-refractivity contribution in [1.29, 1.82) is 5.26 Å². The van der Waals surface area contributed by atoms with E-state index in [1.54, 1.807) is 0 Å². The maximum absolute atomic E-state index is 13.1. The van der Waals surface area contributed by atoms with Gasteiger partial charge in [0.15, 0.2) is 15.4 Å². The predicted molar refractivity (Wildman–Crippen MR) is 95.2 cm³/mol. The second-order valence-electron chi connectivity index (χ2n) is 6.93. The Morgan fingerprint density at radius 1 is 1.38 bits per heavy atom. The molecule has 2 aliphatic rings. The number of alkyl halides is 4. The highest BCUT2D eigenvalue weighted by Crippen LogP contribution is 2.38. The topological polar surface area (TPSA) is 107 Å². The molecule has 3 atom stereocenters. The van der Waals surface area contributed by atoms with Crippen LogP contribution in [-0.4, -0.2) is 43.1 Å². The highest BCUT2D eigenvalue weighted by atomic mass is 32.2. The first-order valence-electron chi connectivity index (χ1n) is 8.43. The van der Waals surface area contributed by atoms with Crippen molar-refractivity contribution in [3.8, 4) is 6.07 Å². The molecule has 2 aliphatic carbocycles. The van der Waals surface area contributed by atoms with Crippen LogP contribution in [0, 0.1) is 17.2 Å². The van der Waals surface area contributed by atoms with Crippen molar-refractivity contribution in [2.24, 2.45) is 5.92 Å². The highest BCUT2D eigenvalue weighted by Gasteiger charge is 2.44. The van der Waals surface area contributed by atoms with Gasteiger partial charge in [0.25, 0.3) is 5.91 Å². The van der Waals surface area contributed by atoms with Crippen molar-refractivity contribution in [3.05, 3.63) is 46.6 Å². The van der Waals surface area contributed by atoms with Crippen molar-refractivity contribution in [2.75, 3.05) is 5.75 Å². The van der Waals surface area contributed by atoms with Gasteiger partial charge in [0.05, 0.1) is 22.6 Å². The number of carbonyl (C=O) groups excluding carboxylic acids is 1. The van der Waals surface area contributed by atoms with E-state index in [2.05, 4.69) is 5.32 Å². The van der Waals surface area contributed by atoms with Gasteiger partial charge in [0.2, 0.25) is 0 Å². The zero-order valence-corrected chi connectivity index (χ0v) is 16.0. The minimum absolute atomic E-state index is 0.168. The lowest BCUT2D eigenvalue weighted by Crippen LogP contribution is -2.49. The van der Waals surface area contributed by atoms with Crippen molar-refractivity contribution < 1.29 is 35.9 Å². The largest absolute Gasteiger partial charge is 0.396 e. The third kappa shape index (κ3) is 5.55. The molecule has 0 aromatic rings. The second-order valence-corrected chi connectivity index (χ2v) is 8.92. The van der Waals surface area contributed by atoms with Crippen LogP contribution in [0.1, 0.15) is 19.8 Å². The molecule has 29 heavy (non-hydrogen) atoms. The molecular formula is C18H18F4N2O4S. The van der Waals surface area contributed by atoms with Gasteiger partial charge in [-0.3, -0.25) is 4.79 Å². The molecular weight excluding hydrogens is 416 g/mol. The van der Waals surface area contributed by atoms with E-state index in [1.807, 2.05) is 0 Å². The number of sulfone groups is 1. The molecule has 0 spiro atoms. The molecule has 2 rings (SSSR count). The summed E-state index contributed by atoms with van der Waals surface area (Å²) in [6, 6.07) is 1.45. The fraction of sp³-hybridized carbons (Fsp3) is 0.444. The van der Waals surface area contributed by atoms with Crippen LogP contribution in [0.2, 0.25) is 0 Å². The lowest BCUT2D eigenvalue weighted by Gasteiger charge is -2.27. The van der Waals surface area contributed by atoms with Gasteiger partial charge < -0.3 is 10.4 Å². The monoisotopic (exact) mass is 434 g/mol.